The van der Waals surface area contributed by atoms with Crippen LogP contribution in [0.15, 0.2) is 309 Å². The van der Waals surface area contributed by atoms with Gasteiger partial charge >= 0.3 is 0 Å². The summed E-state index contributed by atoms with van der Waals surface area (Å²) in [5.74, 6) is 0. The van der Waals surface area contributed by atoms with E-state index in [4.69, 9.17) is 19.9 Å². The van der Waals surface area contributed by atoms with Crippen molar-refractivity contribution in [1.82, 2.24) is 19.9 Å². The summed E-state index contributed by atoms with van der Waals surface area (Å²) in [5, 5.41) is 0. The molecular formula is C77H51N5. The topological polar surface area (TPSA) is 54.8 Å². The first-order valence-electron chi connectivity index (χ1n) is 27.9. The van der Waals surface area contributed by atoms with E-state index in [9.17, 15) is 0 Å². The molecule has 0 saturated heterocycles. The molecule has 0 aliphatic heterocycles. The molecular weight excluding hydrogens is 995 g/mol. The summed E-state index contributed by atoms with van der Waals surface area (Å²) < 4.78 is 0. The maximum absolute atomic E-state index is 5.29. The van der Waals surface area contributed by atoms with Crippen molar-refractivity contribution in [1.29, 1.82) is 0 Å². The Morgan fingerprint density at radius 1 is 0.220 bits per heavy atom. The molecule has 14 aromatic rings. The maximum atomic E-state index is 5.29. The van der Waals surface area contributed by atoms with Crippen LogP contribution in [0.1, 0.15) is 22.3 Å². The summed E-state index contributed by atoms with van der Waals surface area (Å²) in [4.78, 5) is 23.4. The van der Waals surface area contributed by atoms with E-state index in [0.717, 1.165) is 106 Å². The SMILES string of the molecule is c1ccc(-c2nc3ccccc3nc2-c2cccc(-c3cccc(N(c4cccc(-c5cccc(-c6nc7ccccc7nc6-c6ccccc6)c5)c4)c4ccc5c(c4)C(c4ccccc4)(c4ccccc4)c4ccccc4-5)c3)c2)cc1. The van der Waals surface area contributed by atoms with E-state index in [-0.39, 0.29) is 0 Å². The Morgan fingerprint density at radius 2 is 0.549 bits per heavy atom. The minimum atomic E-state index is -0.588. The summed E-state index contributed by atoms with van der Waals surface area (Å²) in [6.07, 6.45) is 0. The third kappa shape index (κ3) is 8.42. The molecule has 0 unspecified atom stereocenters. The fourth-order valence-corrected chi connectivity index (χ4v) is 12.4. The smallest absolute Gasteiger partial charge is 0.0973 e. The molecule has 12 aromatic carbocycles. The highest BCUT2D eigenvalue weighted by molar-refractivity contribution is 5.93. The molecule has 0 radical (unpaired) electrons. The standard InChI is InChI=1S/C77H51N5/c1-5-23-52(24-6-1)73-75(80-71-43-17-15-41-69(71)78-73)58-31-19-27-54(47-58)56-29-21-37-62(49-56)82(64-45-46-66-65-39-13-14-40-67(65)77(68(66)51-64,60-33-9-3-10-34-60)61-35-11-4-12-36-61)63-38-22-30-57(50-63)55-28-20-32-59(48-55)76-74(53-25-7-2-8-26-53)79-70-42-16-18-44-72(70)81-76/h1-51H. The van der Waals surface area contributed by atoms with Crippen molar-refractivity contribution in [3.63, 3.8) is 0 Å². The molecule has 1 aliphatic carbocycles. The normalized spacial score (nSPS) is 12.2. The van der Waals surface area contributed by atoms with Crippen LogP contribution in [0, 0.1) is 0 Å². The van der Waals surface area contributed by atoms with Gasteiger partial charge in [-0.2, -0.15) is 0 Å². The highest BCUT2D eigenvalue weighted by Crippen LogP contribution is 2.57. The lowest BCUT2D eigenvalue weighted by Crippen LogP contribution is -2.28. The van der Waals surface area contributed by atoms with Gasteiger partial charge in [0.05, 0.1) is 50.3 Å². The second-order valence-corrected chi connectivity index (χ2v) is 20.9. The Hall–Kier alpha value is -10.9. The quantitative estimate of drug-likeness (QED) is 0.129. The average Bonchev–Trinajstić information content (AvgIpc) is 2.93. The van der Waals surface area contributed by atoms with Gasteiger partial charge in [0.15, 0.2) is 0 Å². The molecule has 0 N–H and O–H groups in total. The van der Waals surface area contributed by atoms with Crippen LogP contribution in [0.5, 0.6) is 0 Å². The molecule has 2 aromatic heterocycles. The first kappa shape index (κ1) is 48.3. The van der Waals surface area contributed by atoms with E-state index in [1.54, 1.807) is 0 Å². The van der Waals surface area contributed by atoms with Gasteiger partial charge in [-0.25, -0.2) is 19.9 Å². The predicted molar refractivity (Wildman–Crippen MR) is 337 cm³/mol. The molecule has 1 aliphatic rings. The number of rotatable bonds is 11. The van der Waals surface area contributed by atoms with Crippen molar-refractivity contribution in [2.45, 2.75) is 5.41 Å². The Bertz CT molecular complexity index is 4450. The summed E-state index contributed by atoms with van der Waals surface area (Å²) in [6.45, 7) is 0. The van der Waals surface area contributed by atoms with Gasteiger partial charge < -0.3 is 4.90 Å². The fraction of sp³-hybridized carbons (Fsp3) is 0.0130. The van der Waals surface area contributed by atoms with Crippen LogP contribution in [-0.4, -0.2) is 19.9 Å². The minimum absolute atomic E-state index is 0.588. The second kappa shape index (κ2) is 20.4. The number of aromatic nitrogens is 4. The summed E-state index contributed by atoms with van der Waals surface area (Å²) in [7, 11) is 0. The molecule has 384 valence electrons. The Morgan fingerprint density at radius 3 is 1.01 bits per heavy atom. The van der Waals surface area contributed by atoms with E-state index in [0.29, 0.717) is 0 Å². The van der Waals surface area contributed by atoms with Gasteiger partial charge in [0.2, 0.25) is 0 Å². The molecule has 5 nitrogen and oxygen atoms in total. The molecule has 0 atom stereocenters. The summed E-state index contributed by atoms with van der Waals surface area (Å²) in [5.41, 5.74) is 25.0. The maximum Gasteiger partial charge on any atom is 0.0973 e. The van der Waals surface area contributed by atoms with E-state index >= 15 is 0 Å². The zero-order chi connectivity index (χ0) is 54.4. The van der Waals surface area contributed by atoms with Gasteiger partial charge in [-0.15, -0.1) is 0 Å². The summed E-state index contributed by atoms with van der Waals surface area (Å²) >= 11 is 0. The Labute approximate surface area is 476 Å². The van der Waals surface area contributed by atoms with Gasteiger partial charge in [-0.3, -0.25) is 0 Å². The number of hydrogen-bond donors (Lipinski definition) is 0. The van der Waals surface area contributed by atoms with E-state index in [1.807, 2.05) is 60.7 Å². The minimum Gasteiger partial charge on any atom is -0.310 e. The number of fused-ring (bicyclic) bond motifs is 5. The molecule has 0 bridgehead atoms. The highest BCUT2D eigenvalue weighted by Gasteiger charge is 2.46. The van der Waals surface area contributed by atoms with E-state index in [1.165, 1.54) is 33.4 Å². The molecule has 0 amide bonds. The molecule has 5 heteroatoms. The van der Waals surface area contributed by atoms with Gasteiger partial charge in [0, 0.05) is 39.3 Å². The highest BCUT2D eigenvalue weighted by atomic mass is 15.1. The summed E-state index contributed by atoms with van der Waals surface area (Å²) in [6, 6.07) is 110. The number of benzene rings is 12. The molecule has 15 rings (SSSR count). The number of nitrogens with zero attached hydrogens (tertiary/aromatic N) is 5. The van der Waals surface area contributed by atoms with Crippen molar-refractivity contribution in [3.05, 3.63) is 332 Å². The van der Waals surface area contributed by atoms with Gasteiger partial charge in [-0.1, -0.05) is 237 Å². The van der Waals surface area contributed by atoms with Crippen LogP contribution in [0.25, 0.3) is 100 Å². The van der Waals surface area contributed by atoms with Crippen LogP contribution in [0.2, 0.25) is 0 Å². The van der Waals surface area contributed by atoms with E-state index in [2.05, 4.69) is 254 Å². The van der Waals surface area contributed by atoms with Crippen LogP contribution >= 0.6 is 0 Å². The van der Waals surface area contributed by atoms with Gasteiger partial charge in [0.1, 0.15) is 0 Å². The van der Waals surface area contributed by atoms with Crippen LogP contribution in [-0.2, 0) is 5.41 Å². The lowest BCUT2D eigenvalue weighted by molar-refractivity contribution is 0.768. The van der Waals surface area contributed by atoms with Gasteiger partial charge in [-0.05, 0) is 128 Å². The molecule has 0 saturated carbocycles. The Kier molecular flexibility index (Phi) is 12.0. The predicted octanol–water partition coefficient (Wildman–Crippen LogP) is 19.4. The first-order valence-corrected chi connectivity index (χ1v) is 27.9. The zero-order valence-electron chi connectivity index (χ0n) is 44.7. The average molecular weight is 1050 g/mol. The van der Waals surface area contributed by atoms with Crippen molar-refractivity contribution in [3.8, 4) is 78.4 Å². The number of hydrogen-bond acceptors (Lipinski definition) is 5. The molecule has 0 spiro atoms. The monoisotopic (exact) mass is 1050 g/mol. The van der Waals surface area contributed by atoms with E-state index < -0.39 is 5.41 Å². The van der Waals surface area contributed by atoms with Crippen LogP contribution in [0.3, 0.4) is 0 Å². The van der Waals surface area contributed by atoms with Crippen LogP contribution < -0.4 is 4.90 Å². The molecule has 82 heavy (non-hydrogen) atoms. The lowest BCUT2D eigenvalue weighted by atomic mass is 9.67. The third-order valence-corrected chi connectivity index (χ3v) is 16.1. The largest absolute Gasteiger partial charge is 0.310 e. The third-order valence-electron chi connectivity index (χ3n) is 16.1. The van der Waals surface area contributed by atoms with Crippen molar-refractivity contribution in [2.75, 3.05) is 4.90 Å². The zero-order valence-corrected chi connectivity index (χ0v) is 44.7. The van der Waals surface area contributed by atoms with Gasteiger partial charge in [0.25, 0.3) is 0 Å². The number of anilines is 3. The first-order chi connectivity index (χ1) is 40.6. The second-order valence-electron chi connectivity index (χ2n) is 20.9. The molecule has 0 fully saturated rings. The van der Waals surface area contributed by atoms with Crippen molar-refractivity contribution in [2.24, 2.45) is 0 Å². The lowest BCUT2D eigenvalue weighted by Gasteiger charge is -2.35. The molecule has 2 heterocycles. The van der Waals surface area contributed by atoms with Crippen molar-refractivity contribution >= 4 is 39.1 Å². The van der Waals surface area contributed by atoms with Crippen LogP contribution in [0.4, 0.5) is 17.1 Å². The Balaban J connectivity index is 0.905. The fourth-order valence-electron chi connectivity index (χ4n) is 12.4. The van der Waals surface area contributed by atoms with Crippen molar-refractivity contribution < 1.29 is 0 Å². The number of para-hydroxylation sites is 4.